The quantitative estimate of drug-likeness (QED) is 0.346. The molecular formula is C28H27N5S. The zero-order chi connectivity index (χ0) is 23.9. The molecule has 0 aliphatic heterocycles. The number of para-hydroxylation sites is 1. The zero-order valence-corrected chi connectivity index (χ0v) is 20.2. The van der Waals surface area contributed by atoms with Gasteiger partial charge < -0.3 is 14.8 Å². The van der Waals surface area contributed by atoms with E-state index < -0.39 is 0 Å². The molecule has 1 heterocycles. The number of hydrogen-bond acceptors (Lipinski definition) is 3. The Morgan fingerprint density at radius 3 is 2.47 bits per heavy atom. The van der Waals surface area contributed by atoms with E-state index in [0.717, 1.165) is 29.1 Å². The van der Waals surface area contributed by atoms with Crippen molar-refractivity contribution in [3.8, 4) is 6.07 Å². The lowest BCUT2D eigenvalue weighted by atomic mass is 10.1. The van der Waals surface area contributed by atoms with Crippen molar-refractivity contribution in [2.24, 2.45) is 0 Å². The van der Waals surface area contributed by atoms with E-state index in [0.29, 0.717) is 23.8 Å². The van der Waals surface area contributed by atoms with Gasteiger partial charge in [0.1, 0.15) is 0 Å². The van der Waals surface area contributed by atoms with Crippen molar-refractivity contribution in [1.82, 2.24) is 9.55 Å². The maximum Gasteiger partial charge on any atom is 0.177 e. The number of thiocarbonyl (C=S) groups is 1. The van der Waals surface area contributed by atoms with Crippen LogP contribution in [0.15, 0.2) is 85.3 Å². The molecule has 4 aromatic rings. The summed E-state index contributed by atoms with van der Waals surface area (Å²) in [7, 11) is 0. The van der Waals surface area contributed by atoms with Crippen LogP contribution < -0.4 is 10.2 Å². The number of nitrogens with one attached hydrogen (secondary N) is 1. The summed E-state index contributed by atoms with van der Waals surface area (Å²) in [6.45, 7) is 5.59. The fraction of sp³-hybridized carbons (Fsp3) is 0.179. The molecule has 0 amide bonds. The minimum Gasteiger partial charge on any atom is -0.332 e. The summed E-state index contributed by atoms with van der Waals surface area (Å²) in [4.78, 5) is 6.54. The third kappa shape index (κ3) is 5.69. The maximum atomic E-state index is 9.03. The molecular weight excluding hydrogens is 438 g/mol. The lowest BCUT2D eigenvalue weighted by Gasteiger charge is -2.27. The molecule has 0 saturated carbocycles. The van der Waals surface area contributed by atoms with Gasteiger partial charge in [-0.05, 0) is 67.5 Å². The van der Waals surface area contributed by atoms with Gasteiger partial charge in [-0.1, -0.05) is 48.0 Å². The highest BCUT2D eigenvalue weighted by Gasteiger charge is 2.16. The third-order valence-electron chi connectivity index (χ3n) is 5.78. The van der Waals surface area contributed by atoms with Crippen LogP contribution in [0.4, 0.5) is 11.4 Å². The van der Waals surface area contributed by atoms with Gasteiger partial charge in [-0.25, -0.2) is 4.98 Å². The van der Waals surface area contributed by atoms with Gasteiger partial charge >= 0.3 is 0 Å². The summed E-state index contributed by atoms with van der Waals surface area (Å²) in [6.07, 6.45) is 4.55. The predicted octanol–water partition coefficient (Wildman–Crippen LogP) is 5.87. The SMILES string of the molecule is Cc1ccc(NC(=S)N(CCc2cncn2Cc2ccc(C#N)cc2)c2ccccc2C)cc1. The molecule has 0 bridgehead atoms. The van der Waals surface area contributed by atoms with Crippen LogP contribution >= 0.6 is 12.2 Å². The van der Waals surface area contributed by atoms with Crippen LogP contribution in [0.2, 0.25) is 0 Å². The second-order valence-electron chi connectivity index (χ2n) is 8.31. The van der Waals surface area contributed by atoms with Crippen molar-refractivity contribution < 1.29 is 0 Å². The normalized spacial score (nSPS) is 10.5. The first kappa shape index (κ1) is 23.2. The van der Waals surface area contributed by atoms with E-state index in [4.69, 9.17) is 17.5 Å². The Balaban J connectivity index is 1.51. The van der Waals surface area contributed by atoms with Crippen molar-refractivity contribution in [1.29, 1.82) is 5.26 Å². The molecule has 0 unspecified atom stereocenters. The number of benzene rings is 3. The highest BCUT2D eigenvalue weighted by Crippen LogP contribution is 2.22. The van der Waals surface area contributed by atoms with E-state index in [1.165, 1.54) is 11.1 Å². The lowest BCUT2D eigenvalue weighted by molar-refractivity contribution is 0.731. The summed E-state index contributed by atoms with van der Waals surface area (Å²) >= 11 is 5.85. The number of rotatable bonds is 7. The molecule has 0 aliphatic rings. The molecule has 0 aliphatic carbocycles. The Bertz CT molecular complexity index is 1300. The molecule has 1 aromatic heterocycles. The van der Waals surface area contributed by atoms with Crippen LogP contribution in [0.5, 0.6) is 0 Å². The number of aryl methyl sites for hydroxylation is 2. The molecule has 0 atom stereocenters. The average molecular weight is 466 g/mol. The smallest absolute Gasteiger partial charge is 0.177 e. The van der Waals surface area contributed by atoms with Gasteiger partial charge in [0.15, 0.2) is 5.11 Å². The highest BCUT2D eigenvalue weighted by molar-refractivity contribution is 7.80. The average Bonchev–Trinajstić information content (AvgIpc) is 3.29. The van der Waals surface area contributed by atoms with Crippen LogP contribution in [-0.4, -0.2) is 21.2 Å². The van der Waals surface area contributed by atoms with Gasteiger partial charge in [0.05, 0.1) is 18.0 Å². The maximum absolute atomic E-state index is 9.03. The monoisotopic (exact) mass is 465 g/mol. The van der Waals surface area contributed by atoms with Crippen molar-refractivity contribution in [3.05, 3.63) is 113 Å². The fourth-order valence-corrected chi connectivity index (χ4v) is 4.14. The van der Waals surface area contributed by atoms with Crippen LogP contribution in [-0.2, 0) is 13.0 Å². The van der Waals surface area contributed by atoms with Crippen molar-refractivity contribution in [2.45, 2.75) is 26.8 Å². The standard InChI is InChI=1S/C28H27N5S/c1-21-7-13-25(14-8-21)31-28(34)33(27-6-4-3-5-22(27)2)16-15-26-18-30-20-32(26)19-24-11-9-23(17-29)10-12-24/h3-14,18,20H,15-16,19H2,1-2H3,(H,31,34). The summed E-state index contributed by atoms with van der Waals surface area (Å²) < 4.78 is 2.15. The van der Waals surface area contributed by atoms with Crippen molar-refractivity contribution in [3.63, 3.8) is 0 Å². The molecule has 1 N–H and O–H groups in total. The molecule has 0 fully saturated rings. The van der Waals surface area contributed by atoms with Crippen LogP contribution in [0.25, 0.3) is 0 Å². The van der Waals surface area contributed by atoms with Gasteiger partial charge in [0.25, 0.3) is 0 Å². The largest absolute Gasteiger partial charge is 0.332 e. The van der Waals surface area contributed by atoms with Gasteiger partial charge in [-0.2, -0.15) is 5.26 Å². The summed E-state index contributed by atoms with van der Waals surface area (Å²) in [5.74, 6) is 0. The van der Waals surface area contributed by atoms with E-state index in [9.17, 15) is 0 Å². The number of aromatic nitrogens is 2. The van der Waals surface area contributed by atoms with E-state index in [2.05, 4.69) is 63.9 Å². The number of nitrogens with zero attached hydrogens (tertiary/aromatic N) is 4. The molecule has 170 valence electrons. The number of imidazole rings is 1. The molecule has 3 aromatic carbocycles. The zero-order valence-electron chi connectivity index (χ0n) is 19.4. The van der Waals surface area contributed by atoms with Gasteiger partial charge in [0, 0.05) is 42.8 Å². The number of nitriles is 1. The van der Waals surface area contributed by atoms with Crippen LogP contribution in [0, 0.1) is 25.2 Å². The Kier molecular flexibility index (Phi) is 7.36. The first-order valence-electron chi connectivity index (χ1n) is 11.2. The molecule has 6 heteroatoms. The Labute approximate surface area is 206 Å². The molecule has 0 radical (unpaired) electrons. The molecule has 34 heavy (non-hydrogen) atoms. The van der Waals surface area contributed by atoms with Gasteiger partial charge in [0.2, 0.25) is 0 Å². The molecule has 5 nitrogen and oxygen atoms in total. The lowest BCUT2D eigenvalue weighted by Crippen LogP contribution is -2.37. The first-order valence-corrected chi connectivity index (χ1v) is 11.6. The summed E-state index contributed by atoms with van der Waals surface area (Å²) in [5.41, 5.74) is 7.36. The van der Waals surface area contributed by atoms with Gasteiger partial charge in [-0.15, -0.1) is 0 Å². The van der Waals surface area contributed by atoms with E-state index >= 15 is 0 Å². The van der Waals surface area contributed by atoms with E-state index in [1.54, 1.807) is 0 Å². The summed E-state index contributed by atoms with van der Waals surface area (Å²) in [5, 5.41) is 13.1. The summed E-state index contributed by atoms with van der Waals surface area (Å²) in [6, 6.07) is 26.4. The van der Waals surface area contributed by atoms with Crippen LogP contribution in [0.3, 0.4) is 0 Å². The van der Waals surface area contributed by atoms with Crippen LogP contribution in [0.1, 0.15) is 27.9 Å². The second-order valence-corrected chi connectivity index (χ2v) is 8.69. The fourth-order valence-electron chi connectivity index (χ4n) is 3.83. The number of hydrogen-bond donors (Lipinski definition) is 1. The van der Waals surface area contributed by atoms with E-state index in [-0.39, 0.29) is 0 Å². The first-order chi connectivity index (χ1) is 16.5. The number of anilines is 2. The third-order valence-corrected chi connectivity index (χ3v) is 6.10. The highest BCUT2D eigenvalue weighted by atomic mass is 32.1. The predicted molar refractivity (Wildman–Crippen MR) is 142 cm³/mol. The molecule has 4 rings (SSSR count). The Morgan fingerprint density at radius 2 is 1.76 bits per heavy atom. The minimum atomic E-state index is 0.663. The minimum absolute atomic E-state index is 0.663. The van der Waals surface area contributed by atoms with Crippen molar-refractivity contribution in [2.75, 3.05) is 16.8 Å². The molecule has 0 saturated heterocycles. The van der Waals surface area contributed by atoms with Gasteiger partial charge in [-0.3, -0.25) is 0 Å². The topological polar surface area (TPSA) is 56.9 Å². The Hall–Kier alpha value is -3.95. The van der Waals surface area contributed by atoms with Crippen molar-refractivity contribution >= 4 is 28.7 Å². The second kappa shape index (κ2) is 10.8. The van der Waals surface area contributed by atoms with E-state index in [1.807, 2.05) is 61.1 Å². The Morgan fingerprint density at radius 1 is 1.03 bits per heavy atom. The molecule has 0 spiro atoms.